The third kappa shape index (κ3) is 18.5. The molecule has 0 aliphatic heterocycles. The Balaban J connectivity index is 3.16. The molecule has 0 aliphatic carbocycles. The van der Waals surface area contributed by atoms with Crippen molar-refractivity contribution in [2.75, 3.05) is 66.1 Å². The Morgan fingerprint density at radius 2 is 1.35 bits per heavy atom. The summed E-state index contributed by atoms with van der Waals surface area (Å²) in [6.07, 6.45) is 2.58. The van der Waals surface area contributed by atoms with Crippen LogP contribution in [0.4, 0.5) is 0 Å². The molecule has 0 atom stereocenters. The maximum atomic E-state index is 11.2. The lowest BCUT2D eigenvalue weighted by atomic mass is 10.5. The zero-order chi connectivity index (χ0) is 17.0. The molecule has 0 saturated heterocycles. The van der Waals surface area contributed by atoms with E-state index in [4.69, 9.17) is 23.7 Å². The lowest BCUT2D eigenvalue weighted by molar-refractivity contribution is -0.139. The van der Waals surface area contributed by atoms with Gasteiger partial charge in [0.1, 0.15) is 13.2 Å². The molecule has 0 fully saturated rings. The Kier molecular flexibility index (Phi) is 17.4. The minimum Gasteiger partial charge on any atom is -0.464 e. The van der Waals surface area contributed by atoms with Crippen LogP contribution in [0.25, 0.3) is 0 Å². The van der Waals surface area contributed by atoms with Crippen molar-refractivity contribution in [1.82, 2.24) is 0 Å². The highest BCUT2D eigenvalue weighted by atomic mass is 16.6. The van der Waals surface area contributed by atoms with Crippen molar-refractivity contribution in [3.63, 3.8) is 0 Å². The Bertz CT molecular complexity index is 306. The summed E-state index contributed by atoms with van der Waals surface area (Å²) in [5, 5.41) is 0. The van der Waals surface area contributed by atoms with E-state index in [1.807, 2.05) is 6.92 Å². The van der Waals surface area contributed by atoms with Gasteiger partial charge in [-0.15, -0.1) is 0 Å². The number of carbonyl (C=O) groups is 2. The molecule has 0 rings (SSSR count). The fraction of sp³-hybridized carbons (Fsp3) is 0.733. The van der Waals surface area contributed by atoms with E-state index in [2.05, 4.69) is 4.74 Å². The number of carbonyl (C=O) groups excluding carboxylic acids is 2. The fourth-order valence-corrected chi connectivity index (χ4v) is 1.29. The lowest BCUT2D eigenvalue weighted by Crippen LogP contribution is -2.14. The van der Waals surface area contributed by atoms with Crippen molar-refractivity contribution in [2.24, 2.45) is 0 Å². The zero-order valence-electron chi connectivity index (χ0n) is 13.6. The summed E-state index contributed by atoms with van der Waals surface area (Å²) >= 11 is 0. The molecule has 0 bridgehead atoms. The number of esters is 1. The third-order valence-electron chi connectivity index (χ3n) is 2.31. The Labute approximate surface area is 136 Å². The van der Waals surface area contributed by atoms with Crippen molar-refractivity contribution in [2.45, 2.75) is 6.92 Å². The molecule has 0 amide bonds. The van der Waals surface area contributed by atoms with Gasteiger partial charge in [0.05, 0.1) is 46.2 Å². The summed E-state index contributed by atoms with van der Waals surface area (Å²) in [5.74, 6) is -0.511. The van der Waals surface area contributed by atoms with Gasteiger partial charge in [-0.05, 0) is 13.0 Å². The van der Waals surface area contributed by atoms with Gasteiger partial charge in [0.25, 0.3) is 6.47 Å². The third-order valence-corrected chi connectivity index (χ3v) is 2.31. The average Bonchev–Trinajstić information content (AvgIpc) is 2.56. The number of hydrogen-bond donors (Lipinski definition) is 0. The van der Waals surface area contributed by atoms with Crippen LogP contribution in [0.15, 0.2) is 12.2 Å². The van der Waals surface area contributed by atoms with Crippen LogP contribution in [-0.4, -0.2) is 78.5 Å². The molecule has 0 aromatic rings. The lowest BCUT2D eigenvalue weighted by Gasteiger charge is -2.07. The van der Waals surface area contributed by atoms with Crippen LogP contribution < -0.4 is 0 Å². The number of ether oxygens (including phenoxy) is 6. The van der Waals surface area contributed by atoms with E-state index < -0.39 is 5.97 Å². The van der Waals surface area contributed by atoms with Gasteiger partial charge < -0.3 is 28.4 Å². The largest absolute Gasteiger partial charge is 0.464 e. The van der Waals surface area contributed by atoms with Gasteiger partial charge in [-0.2, -0.15) is 0 Å². The highest BCUT2D eigenvalue weighted by molar-refractivity contribution is 5.81. The molecule has 0 unspecified atom stereocenters. The maximum Gasteiger partial charge on any atom is 0.330 e. The normalized spacial score (nSPS) is 10.8. The Morgan fingerprint density at radius 3 is 1.87 bits per heavy atom. The first-order valence-corrected chi connectivity index (χ1v) is 7.50. The molecule has 0 spiro atoms. The molecular weight excluding hydrogens is 308 g/mol. The second-order valence-corrected chi connectivity index (χ2v) is 4.03. The summed E-state index contributed by atoms with van der Waals surface area (Å²) in [5.41, 5.74) is 0. The van der Waals surface area contributed by atoms with E-state index >= 15 is 0 Å². The molecule has 0 saturated carbocycles. The monoisotopic (exact) mass is 334 g/mol. The molecule has 0 radical (unpaired) electrons. The van der Waals surface area contributed by atoms with Crippen molar-refractivity contribution in [1.29, 1.82) is 0 Å². The number of hydrogen-bond acceptors (Lipinski definition) is 8. The highest BCUT2D eigenvalue weighted by Crippen LogP contribution is 1.86. The van der Waals surface area contributed by atoms with E-state index in [1.165, 1.54) is 12.2 Å². The van der Waals surface area contributed by atoms with Crippen molar-refractivity contribution in [3.05, 3.63) is 12.2 Å². The van der Waals surface area contributed by atoms with Gasteiger partial charge in [0.15, 0.2) is 0 Å². The highest BCUT2D eigenvalue weighted by Gasteiger charge is 1.97. The first-order valence-electron chi connectivity index (χ1n) is 7.50. The van der Waals surface area contributed by atoms with Gasteiger partial charge >= 0.3 is 5.97 Å². The van der Waals surface area contributed by atoms with E-state index in [0.29, 0.717) is 59.3 Å². The smallest absolute Gasteiger partial charge is 0.330 e. The molecular formula is C15H26O8. The first kappa shape index (κ1) is 21.5. The molecule has 23 heavy (non-hydrogen) atoms. The van der Waals surface area contributed by atoms with Crippen LogP contribution in [-0.2, 0) is 38.0 Å². The van der Waals surface area contributed by atoms with E-state index in [0.717, 1.165) is 0 Å². The van der Waals surface area contributed by atoms with Crippen LogP contribution in [0.1, 0.15) is 6.92 Å². The summed E-state index contributed by atoms with van der Waals surface area (Å²) in [6, 6.07) is 0. The minimum absolute atomic E-state index is 0.0434. The molecule has 8 heteroatoms. The van der Waals surface area contributed by atoms with Crippen LogP contribution in [0.3, 0.4) is 0 Å². The van der Waals surface area contributed by atoms with E-state index in [9.17, 15) is 9.59 Å². The van der Waals surface area contributed by atoms with Crippen molar-refractivity contribution >= 4 is 12.4 Å². The summed E-state index contributed by atoms with van der Waals surface area (Å²) in [4.78, 5) is 21.0. The molecule has 134 valence electrons. The topological polar surface area (TPSA) is 89.5 Å². The average molecular weight is 334 g/mol. The molecule has 8 nitrogen and oxygen atoms in total. The van der Waals surface area contributed by atoms with Crippen molar-refractivity contribution < 1.29 is 38.0 Å². The van der Waals surface area contributed by atoms with Crippen LogP contribution in [0, 0.1) is 0 Å². The van der Waals surface area contributed by atoms with E-state index in [1.54, 1.807) is 0 Å². The van der Waals surface area contributed by atoms with Gasteiger partial charge in [0, 0.05) is 12.7 Å². The molecule has 0 heterocycles. The molecule has 0 aliphatic rings. The summed E-state index contributed by atoms with van der Waals surface area (Å²) in [7, 11) is 0. The van der Waals surface area contributed by atoms with Crippen LogP contribution in [0.2, 0.25) is 0 Å². The maximum absolute atomic E-state index is 11.2. The summed E-state index contributed by atoms with van der Waals surface area (Å²) < 4.78 is 30.1. The minimum atomic E-state index is -0.511. The fourth-order valence-electron chi connectivity index (χ4n) is 1.29. The van der Waals surface area contributed by atoms with Gasteiger partial charge in [-0.1, -0.05) is 0 Å². The zero-order valence-corrected chi connectivity index (χ0v) is 13.6. The SMILES string of the molecule is CCOCCOCCOCCOCCOC(=O)/C=C\COC=O. The van der Waals surface area contributed by atoms with Gasteiger partial charge in [-0.3, -0.25) is 4.79 Å². The number of rotatable bonds is 17. The molecule has 0 N–H and O–H groups in total. The first-order chi connectivity index (χ1) is 11.3. The van der Waals surface area contributed by atoms with Crippen LogP contribution in [0.5, 0.6) is 0 Å². The summed E-state index contributed by atoms with van der Waals surface area (Å²) in [6.45, 7) is 6.46. The Morgan fingerprint density at radius 1 is 0.826 bits per heavy atom. The van der Waals surface area contributed by atoms with Gasteiger partial charge in [0.2, 0.25) is 0 Å². The van der Waals surface area contributed by atoms with E-state index in [-0.39, 0.29) is 13.2 Å². The molecule has 0 aromatic heterocycles. The second kappa shape index (κ2) is 18.6. The quantitative estimate of drug-likeness (QED) is 0.163. The second-order valence-electron chi connectivity index (χ2n) is 4.03. The Hall–Kier alpha value is -1.48. The molecule has 0 aromatic carbocycles. The predicted octanol–water partition coefficient (Wildman–Crippen LogP) is 0.345. The van der Waals surface area contributed by atoms with Gasteiger partial charge in [-0.25, -0.2) is 4.79 Å². The standard InChI is InChI=1S/C15H26O8/c1-2-18-6-7-19-8-9-20-10-11-21-12-13-23-15(17)4-3-5-22-14-16/h3-4,14H,2,5-13H2,1H3/b4-3-. The van der Waals surface area contributed by atoms with Crippen LogP contribution >= 0.6 is 0 Å². The predicted molar refractivity (Wildman–Crippen MR) is 81.1 cm³/mol. The van der Waals surface area contributed by atoms with Crippen molar-refractivity contribution in [3.8, 4) is 0 Å².